The molecule has 0 bridgehead atoms. The van der Waals surface area contributed by atoms with E-state index in [1.165, 1.54) is 48.3 Å². The molecule has 0 atom stereocenters. The predicted molar refractivity (Wildman–Crippen MR) is 220 cm³/mol. The van der Waals surface area contributed by atoms with Crippen LogP contribution in [-0.2, 0) is 5.41 Å². The zero-order valence-electron chi connectivity index (χ0n) is 28.9. The third-order valence-electron chi connectivity index (χ3n) is 10.9. The van der Waals surface area contributed by atoms with E-state index < -0.39 is 0 Å². The molecule has 0 aliphatic heterocycles. The first-order chi connectivity index (χ1) is 25.3. The Bertz CT molecular complexity index is 3350. The number of benzene rings is 7. The second-order valence-corrected chi connectivity index (χ2v) is 16.0. The van der Waals surface area contributed by atoms with Gasteiger partial charge in [-0.15, -0.1) is 11.3 Å². The Morgan fingerprint density at radius 1 is 0.462 bits per heavy atom. The molecule has 11 aromatic rings. The summed E-state index contributed by atoms with van der Waals surface area (Å²) >= 11 is 1.73. The minimum absolute atomic E-state index is 0.0157. The largest absolute Gasteiger partial charge is 0.456 e. The first kappa shape index (κ1) is 29.5. The second-order valence-electron chi connectivity index (χ2n) is 14.9. The van der Waals surface area contributed by atoms with Gasteiger partial charge in [-0.3, -0.25) is 4.79 Å². The monoisotopic (exact) mass is 688 g/mol. The average Bonchev–Trinajstić information content (AvgIpc) is 3.79. The van der Waals surface area contributed by atoms with Crippen LogP contribution >= 0.6 is 11.3 Å². The number of nitrogens with zero attached hydrogens (tertiary/aromatic N) is 2. The first-order valence-corrected chi connectivity index (χ1v) is 18.5. The van der Waals surface area contributed by atoms with Crippen LogP contribution in [0.2, 0.25) is 0 Å². The van der Waals surface area contributed by atoms with Gasteiger partial charge in [0.05, 0.1) is 32.8 Å². The lowest BCUT2D eigenvalue weighted by atomic mass is 9.86. The van der Waals surface area contributed by atoms with Crippen LogP contribution in [0.25, 0.3) is 97.1 Å². The summed E-state index contributed by atoms with van der Waals surface area (Å²) in [6.07, 6.45) is 0. The van der Waals surface area contributed by atoms with E-state index in [1.54, 1.807) is 11.3 Å². The first-order valence-electron chi connectivity index (χ1n) is 17.7. The van der Waals surface area contributed by atoms with E-state index in [0.717, 1.165) is 32.4 Å². The molecule has 4 nitrogen and oxygen atoms in total. The summed E-state index contributed by atoms with van der Waals surface area (Å²) in [5, 5.41) is 8.40. The highest BCUT2D eigenvalue weighted by Gasteiger charge is 2.20. The van der Waals surface area contributed by atoms with Gasteiger partial charge in [-0.05, 0) is 83.8 Å². The molecule has 0 radical (unpaired) electrons. The molecule has 0 aliphatic rings. The van der Waals surface area contributed by atoms with Crippen molar-refractivity contribution in [1.82, 2.24) is 9.13 Å². The van der Waals surface area contributed by atoms with Crippen LogP contribution in [0.3, 0.4) is 0 Å². The molecule has 5 heteroatoms. The molecule has 0 N–H and O–H groups in total. The van der Waals surface area contributed by atoms with E-state index in [9.17, 15) is 4.79 Å². The number of thiophene rings is 1. The average molecular weight is 689 g/mol. The Kier molecular flexibility index (Phi) is 5.93. The molecule has 11 rings (SSSR count). The summed E-state index contributed by atoms with van der Waals surface area (Å²) in [5.41, 5.74) is 9.37. The van der Waals surface area contributed by atoms with Gasteiger partial charge < -0.3 is 13.6 Å². The molecule has 0 fully saturated rings. The van der Waals surface area contributed by atoms with Crippen molar-refractivity contribution in [1.29, 1.82) is 0 Å². The highest BCUT2D eigenvalue weighted by atomic mass is 32.1. The van der Waals surface area contributed by atoms with Crippen LogP contribution < -0.4 is 5.43 Å². The van der Waals surface area contributed by atoms with Crippen LogP contribution in [0.1, 0.15) is 26.3 Å². The Hall–Kier alpha value is -6.17. The lowest BCUT2D eigenvalue weighted by Crippen LogP contribution is -2.11. The number of hydrogen-bond donors (Lipinski definition) is 0. The summed E-state index contributed by atoms with van der Waals surface area (Å²) in [5.74, 6) is 0. The quantitative estimate of drug-likeness (QED) is 0.170. The Morgan fingerprint density at radius 3 is 1.75 bits per heavy atom. The highest BCUT2D eigenvalue weighted by molar-refractivity contribution is 7.25. The van der Waals surface area contributed by atoms with Gasteiger partial charge in [0, 0.05) is 53.1 Å². The van der Waals surface area contributed by atoms with Crippen molar-refractivity contribution in [3.8, 4) is 11.4 Å². The van der Waals surface area contributed by atoms with Gasteiger partial charge >= 0.3 is 0 Å². The van der Waals surface area contributed by atoms with Crippen molar-refractivity contribution < 1.29 is 4.42 Å². The van der Waals surface area contributed by atoms with Crippen LogP contribution in [0.4, 0.5) is 0 Å². The van der Waals surface area contributed by atoms with Crippen LogP contribution in [0.15, 0.2) is 149 Å². The van der Waals surface area contributed by atoms with Gasteiger partial charge in [0.2, 0.25) is 5.43 Å². The van der Waals surface area contributed by atoms with Gasteiger partial charge in [0.1, 0.15) is 11.2 Å². The second kappa shape index (κ2) is 10.4. The number of aromatic nitrogens is 2. The number of hydrogen-bond acceptors (Lipinski definition) is 3. The van der Waals surface area contributed by atoms with Gasteiger partial charge in [-0.25, -0.2) is 0 Å². The van der Waals surface area contributed by atoms with Crippen molar-refractivity contribution in [3.05, 3.63) is 155 Å². The van der Waals surface area contributed by atoms with Crippen molar-refractivity contribution in [3.63, 3.8) is 0 Å². The molecule has 52 heavy (non-hydrogen) atoms. The zero-order chi connectivity index (χ0) is 34.9. The molecule has 0 amide bonds. The minimum Gasteiger partial charge on any atom is -0.456 e. The summed E-state index contributed by atoms with van der Waals surface area (Å²) in [4.78, 5) is 13.8. The van der Waals surface area contributed by atoms with Crippen LogP contribution in [-0.4, -0.2) is 9.13 Å². The van der Waals surface area contributed by atoms with Crippen LogP contribution in [0, 0.1) is 0 Å². The third kappa shape index (κ3) is 4.11. The van der Waals surface area contributed by atoms with Crippen molar-refractivity contribution in [2.24, 2.45) is 0 Å². The molecule has 7 aromatic carbocycles. The lowest BCUT2D eigenvalue weighted by molar-refractivity contribution is 0.587. The normalized spacial score (nSPS) is 12.6. The minimum atomic E-state index is -0.0453. The maximum Gasteiger partial charge on any atom is 0.200 e. The Morgan fingerprint density at radius 2 is 1.06 bits per heavy atom. The fraction of sp³-hybridized carbons (Fsp3) is 0.0851. The highest BCUT2D eigenvalue weighted by Crippen LogP contribution is 2.42. The van der Waals surface area contributed by atoms with E-state index in [1.807, 2.05) is 24.3 Å². The van der Waals surface area contributed by atoms with E-state index >= 15 is 0 Å². The molecule has 0 saturated heterocycles. The molecule has 0 saturated carbocycles. The molecular weight excluding hydrogens is 657 g/mol. The molecular formula is C47H32N2O2S. The van der Waals surface area contributed by atoms with Gasteiger partial charge in [0.25, 0.3) is 0 Å². The number of rotatable bonds is 2. The zero-order valence-corrected chi connectivity index (χ0v) is 29.7. The smallest absolute Gasteiger partial charge is 0.200 e. The fourth-order valence-corrected chi connectivity index (χ4v) is 9.44. The summed E-state index contributed by atoms with van der Waals surface area (Å²) in [7, 11) is 0. The standard InChI is InChI=1S/C47H32N2O2S/c1-47(2,3)27-17-19-33-42(21-27)51-43-25-36-32-20-18-29(22-44(32)52-45(36)26-37(43)46(33)50)49-39-16-10-8-14-31(39)35-23-40-34(24-41(35)49)30-13-7-9-15-38(30)48(40)28-11-5-4-6-12-28/h4-26H,1-3H3. The maximum absolute atomic E-state index is 13.8. The Labute approximate surface area is 302 Å². The number of fused-ring (bicyclic) bond motifs is 11. The molecule has 0 unspecified atom stereocenters. The van der Waals surface area contributed by atoms with E-state index in [2.05, 4.69) is 145 Å². The molecule has 248 valence electrons. The summed E-state index contributed by atoms with van der Waals surface area (Å²) in [6, 6.07) is 49.6. The van der Waals surface area contributed by atoms with Gasteiger partial charge in [-0.2, -0.15) is 0 Å². The maximum atomic E-state index is 13.8. The van der Waals surface area contributed by atoms with E-state index in [4.69, 9.17) is 4.42 Å². The van der Waals surface area contributed by atoms with E-state index in [0.29, 0.717) is 21.9 Å². The topological polar surface area (TPSA) is 40.1 Å². The molecule has 0 spiro atoms. The van der Waals surface area contributed by atoms with E-state index in [-0.39, 0.29) is 10.8 Å². The third-order valence-corrected chi connectivity index (χ3v) is 12.0. The fourth-order valence-electron chi connectivity index (χ4n) is 8.28. The molecule has 4 heterocycles. The summed E-state index contributed by atoms with van der Waals surface area (Å²) in [6.45, 7) is 6.52. The van der Waals surface area contributed by atoms with Crippen molar-refractivity contribution in [2.75, 3.05) is 0 Å². The number of para-hydroxylation sites is 3. The van der Waals surface area contributed by atoms with Crippen molar-refractivity contribution in [2.45, 2.75) is 26.2 Å². The van der Waals surface area contributed by atoms with Crippen molar-refractivity contribution >= 4 is 97.1 Å². The predicted octanol–water partition coefficient (Wildman–Crippen LogP) is 12.8. The molecule has 0 aliphatic carbocycles. The molecule has 4 aromatic heterocycles. The Balaban J connectivity index is 1.15. The van der Waals surface area contributed by atoms with Crippen LogP contribution in [0.5, 0.6) is 0 Å². The van der Waals surface area contributed by atoms with Gasteiger partial charge in [0.15, 0.2) is 0 Å². The summed E-state index contributed by atoms with van der Waals surface area (Å²) < 4.78 is 13.5. The van der Waals surface area contributed by atoms with Gasteiger partial charge in [-0.1, -0.05) is 87.5 Å². The SMILES string of the molecule is CC(C)(C)c1ccc2c(=O)c3cc4sc5cc(-n6c7ccccc7c7cc8c(cc76)c6ccccc6n8-c6ccccc6)ccc5c4cc3oc2c1. The lowest BCUT2D eigenvalue weighted by Gasteiger charge is -2.19.